The van der Waals surface area contributed by atoms with Crippen molar-refractivity contribution in [2.45, 2.75) is 40.7 Å². The third kappa shape index (κ3) is 3.13. The molecule has 2 aromatic heterocycles. The minimum absolute atomic E-state index is 0.492. The maximum absolute atomic E-state index is 5.27. The number of ether oxygens (including phenoxy) is 1. The lowest BCUT2D eigenvalue weighted by Gasteiger charge is -2.33. The van der Waals surface area contributed by atoms with E-state index in [1.165, 1.54) is 6.42 Å². The predicted molar refractivity (Wildman–Crippen MR) is 85.7 cm³/mol. The molecule has 21 heavy (non-hydrogen) atoms. The number of anilines is 1. The Morgan fingerprint density at radius 3 is 2.43 bits per heavy atom. The number of pyridine rings is 1. The number of nitrogens with zero attached hydrogens (tertiary/aromatic N) is 4. The summed E-state index contributed by atoms with van der Waals surface area (Å²) in [6.45, 7) is 10.5. The van der Waals surface area contributed by atoms with Gasteiger partial charge in [-0.05, 0) is 26.3 Å². The van der Waals surface area contributed by atoms with Crippen LogP contribution in [0.5, 0.6) is 0 Å². The van der Waals surface area contributed by atoms with E-state index >= 15 is 0 Å². The SMILES string of the molecule is CC.COCc1nc(C)cc2nc(C)nc(N3CCC3)c12. The van der Waals surface area contributed by atoms with Crippen LogP contribution in [0.25, 0.3) is 10.9 Å². The van der Waals surface area contributed by atoms with Crippen LogP contribution in [0.4, 0.5) is 5.82 Å². The van der Waals surface area contributed by atoms with Crippen molar-refractivity contribution < 1.29 is 4.74 Å². The maximum Gasteiger partial charge on any atom is 0.142 e. The van der Waals surface area contributed by atoms with Gasteiger partial charge in [-0.25, -0.2) is 9.97 Å². The lowest BCUT2D eigenvalue weighted by molar-refractivity contribution is 0.182. The standard InChI is InChI=1S/C14H18N4O.C2H6/c1-9-7-11-13(12(15-9)8-19-3)14(17-10(2)16-11)18-5-4-6-18;1-2/h7H,4-6,8H2,1-3H3;1-2H3. The largest absolute Gasteiger partial charge is 0.378 e. The molecule has 0 N–H and O–H groups in total. The fourth-order valence-electron chi connectivity index (χ4n) is 2.46. The van der Waals surface area contributed by atoms with Crippen molar-refractivity contribution in [1.29, 1.82) is 0 Å². The summed E-state index contributed by atoms with van der Waals surface area (Å²) >= 11 is 0. The second-order valence-electron chi connectivity index (χ2n) is 4.97. The number of rotatable bonds is 3. The highest BCUT2D eigenvalue weighted by atomic mass is 16.5. The van der Waals surface area contributed by atoms with Crippen molar-refractivity contribution in [3.63, 3.8) is 0 Å². The molecule has 114 valence electrons. The van der Waals surface area contributed by atoms with E-state index in [0.717, 1.165) is 47.0 Å². The third-order valence-corrected chi connectivity index (χ3v) is 3.41. The lowest BCUT2D eigenvalue weighted by Crippen LogP contribution is -2.38. The van der Waals surface area contributed by atoms with Crippen molar-refractivity contribution >= 4 is 16.7 Å². The zero-order valence-electron chi connectivity index (χ0n) is 13.6. The first-order valence-corrected chi connectivity index (χ1v) is 7.58. The molecular formula is C16H24N4O. The molecule has 0 amide bonds. The van der Waals surface area contributed by atoms with Gasteiger partial charge >= 0.3 is 0 Å². The van der Waals surface area contributed by atoms with E-state index in [1.54, 1.807) is 7.11 Å². The number of hydrogen-bond acceptors (Lipinski definition) is 5. The third-order valence-electron chi connectivity index (χ3n) is 3.41. The van der Waals surface area contributed by atoms with Crippen molar-refractivity contribution in [2.75, 3.05) is 25.1 Å². The molecule has 0 radical (unpaired) electrons. The molecule has 0 bridgehead atoms. The number of fused-ring (bicyclic) bond motifs is 1. The van der Waals surface area contributed by atoms with Crippen molar-refractivity contribution in [1.82, 2.24) is 15.0 Å². The van der Waals surface area contributed by atoms with Gasteiger partial charge in [0.25, 0.3) is 0 Å². The molecule has 2 aromatic rings. The Bertz CT molecular complexity index is 618. The first-order chi connectivity index (χ1) is 10.2. The van der Waals surface area contributed by atoms with Crippen LogP contribution in [0.15, 0.2) is 6.07 Å². The Balaban J connectivity index is 0.000000774. The monoisotopic (exact) mass is 288 g/mol. The molecule has 0 atom stereocenters. The maximum atomic E-state index is 5.27. The van der Waals surface area contributed by atoms with Crippen LogP contribution < -0.4 is 4.90 Å². The number of methoxy groups -OCH3 is 1. The van der Waals surface area contributed by atoms with E-state index in [9.17, 15) is 0 Å². The molecule has 3 rings (SSSR count). The van der Waals surface area contributed by atoms with Gasteiger partial charge in [0.05, 0.1) is 23.2 Å². The smallest absolute Gasteiger partial charge is 0.142 e. The van der Waals surface area contributed by atoms with Crippen LogP contribution in [-0.2, 0) is 11.3 Å². The Hall–Kier alpha value is -1.75. The summed E-state index contributed by atoms with van der Waals surface area (Å²) in [5, 5.41) is 1.04. The summed E-state index contributed by atoms with van der Waals surface area (Å²) < 4.78 is 5.27. The molecule has 0 aromatic carbocycles. The molecule has 1 saturated heterocycles. The van der Waals surface area contributed by atoms with Gasteiger partial charge in [-0.2, -0.15) is 0 Å². The Morgan fingerprint density at radius 1 is 1.14 bits per heavy atom. The highest BCUT2D eigenvalue weighted by Gasteiger charge is 2.22. The summed E-state index contributed by atoms with van der Waals surface area (Å²) in [4.78, 5) is 16.0. The van der Waals surface area contributed by atoms with E-state index in [4.69, 9.17) is 4.74 Å². The Labute approximate surface area is 126 Å². The molecule has 1 aliphatic heterocycles. The second kappa shape index (κ2) is 6.80. The number of aryl methyl sites for hydroxylation is 2. The normalized spacial score (nSPS) is 13.7. The van der Waals surface area contributed by atoms with Gasteiger partial charge in [-0.15, -0.1) is 0 Å². The molecule has 0 saturated carbocycles. The minimum Gasteiger partial charge on any atom is -0.378 e. The lowest BCUT2D eigenvalue weighted by atomic mass is 10.1. The molecule has 5 heteroatoms. The van der Waals surface area contributed by atoms with E-state index in [-0.39, 0.29) is 0 Å². The van der Waals surface area contributed by atoms with Crippen LogP contribution in [0, 0.1) is 13.8 Å². The first-order valence-electron chi connectivity index (χ1n) is 7.58. The Morgan fingerprint density at radius 2 is 1.86 bits per heavy atom. The van der Waals surface area contributed by atoms with Gasteiger partial charge in [0.2, 0.25) is 0 Å². The van der Waals surface area contributed by atoms with E-state index in [2.05, 4.69) is 19.9 Å². The zero-order chi connectivity index (χ0) is 15.4. The average molecular weight is 288 g/mol. The number of aromatic nitrogens is 3. The van der Waals surface area contributed by atoms with Crippen LogP contribution in [0.2, 0.25) is 0 Å². The highest BCUT2D eigenvalue weighted by Crippen LogP contribution is 2.30. The summed E-state index contributed by atoms with van der Waals surface area (Å²) in [6.07, 6.45) is 1.23. The van der Waals surface area contributed by atoms with E-state index in [1.807, 2.05) is 33.8 Å². The van der Waals surface area contributed by atoms with Gasteiger partial charge in [-0.3, -0.25) is 4.98 Å². The average Bonchev–Trinajstić information content (AvgIpc) is 2.38. The van der Waals surface area contributed by atoms with Gasteiger partial charge in [0.15, 0.2) is 0 Å². The van der Waals surface area contributed by atoms with Gasteiger partial charge < -0.3 is 9.64 Å². The zero-order valence-corrected chi connectivity index (χ0v) is 13.6. The topological polar surface area (TPSA) is 51.1 Å². The molecule has 5 nitrogen and oxygen atoms in total. The molecular weight excluding hydrogens is 264 g/mol. The molecule has 1 aliphatic rings. The molecule has 1 fully saturated rings. The fourth-order valence-corrected chi connectivity index (χ4v) is 2.46. The van der Waals surface area contributed by atoms with Gasteiger partial charge in [0, 0.05) is 25.9 Å². The van der Waals surface area contributed by atoms with Crippen LogP contribution >= 0.6 is 0 Å². The summed E-state index contributed by atoms with van der Waals surface area (Å²) in [5.74, 6) is 1.82. The fraction of sp³-hybridized carbons (Fsp3) is 0.562. The first kappa shape index (κ1) is 15.6. The van der Waals surface area contributed by atoms with Crippen LogP contribution in [0.3, 0.4) is 0 Å². The molecule has 0 aliphatic carbocycles. The Kier molecular flexibility index (Phi) is 5.07. The summed E-state index contributed by atoms with van der Waals surface area (Å²) in [6, 6.07) is 2.02. The number of hydrogen-bond donors (Lipinski definition) is 0. The quantitative estimate of drug-likeness (QED) is 0.869. The van der Waals surface area contributed by atoms with Crippen molar-refractivity contribution in [3.8, 4) is 0 Å². The van der Waals surface area contributed by atoms with Crippen molar-refractivity contribution in [2.24, 2.45) is 0 Å². The van der Waals surface area contributed by atoms with Gasteiger partial charge in [0.1, 0.15) is 11.6 Å². The van der Waals surface area contributed by atoms with Gasteiger partial charge in [-0.1, -0.05) is 13.8 Å². The highest BCUT2D eigenvalue weighted by molar-refractivity contribution is 5.92. The summed E-state index contributed by atoms with van der Waals surface area (Å²) in [5.41, 5.74) is 2.86. The molecule has 0 unspecified atom stereocenters. The second-order valence-corrected chi connectivity index (χ2v) is 4.97. The molecule has 3 heterocycles. The van der Waals surface area contributed by atoms with E-state index in [0.29, 0.717) is 6.61 Å². The van der Waals surface area contributed by atoms with E-state index < -0.39 is 0 Å². The minimum atomic E-state index is 0.492. The summed E-state index contributed by atoms with van der Waals surface area (Å²) in [7, 11) is 1.69. The van der Waals surface area contributed by atoms with Crippen LogP contribution in [0.1, 0.15) is 37.5 Å². The predicted octanol–water partition coefficient (Wildman–Crippen LogP) is 3.02. The van der Waals surface area contributed by atoms with Crippen LogP contribution in [-0.4, -0.2) is 35.2 Å². The van der Waals surface area contributed by atoms with Crippen molar-refractivity contribution in [3.05, 3.63) is 23.3 Å². The molecule has 0 spiro atoms.